The Labute approximate surface area is 340 Å². The van der Waals surface area contributed by atoms with Gasteiger partial charge in [0.25, 0.3) is 0 Å². The summed E-state index contributed by atoms with van der Waals surface area (Å²) in [6.45, 7) is 7.20. The summed E-state index contributed by atoms with van der Waals surface area (Å²) in [7, 11) is 0. The summed E-state index contributed by atoms with van der Waals surface area (Å²) in [5.41, 5.74) is 15.6. The summed E-state index contributed by atoms with van der Waals surface area (Å²) in [4.78, 5) is 34.7. The molecule has 0 aliphatic carbocycles. The van der Waals surface area contributed by atoms with E-state index in [-0.39, 0.29) is 0 Å². The Morgan fingerprint density at radius 1 is 0.441 bits per heavy atom. The topological polar surface area (TPSA) is 88.0 Å². The molecule has 7 heteroatoms. The molecule has 5 heterocycles. The first-order valence-electron chi connectivity index (χ1n) is 19.2. The van der Waals surface area contributed by atoms with Crippen molar-refractivity contribution in [3.63, 3.8) is 0 Å². The molecule has 2 N–H and O–H groups in total. The first-order chi connectivity index (χ1) is 29.1. The number of rotatable bonds is 6. The normalized spacial score (nSPS) is 11.6. The van der Waals surface area contributed by atoms with Crippen molar-refractivity contribution in [3.05, 3.63) is 204 Å². The molecule has 0 saturated carbocycles. The number of nitrogens with one attached hydrogen (secondary N) is 2. The lowest BCUT2D eigenvalue weighted by molar-refractivity contribution is 0.0735. The molecule has 0 spiro atoms. The van der Waals surface area contributed by atoms with Crippen molar-refractivity contribution < 1.29 is 9.53 Å². The number of fused-ring (bicyclic) bond motifs is 8. The third-order valence-electron chi connectivity index (χ3n) is 10.5. The largest absolute Gasteiger partial charge is 0.423 e. The number of carbonyl (C=O) groups excluding carboxylic acids is 1. The van der Waals surface area contributed by atoms with Crippen LogP contribution >= 0.6 is 0 Å². The van der Waals surface area contributed by atoms with E-state index in [1.807, 2.05) is 54.6 Å². The number of ether oxygens (including phenoxy) is 1. The second-order valence-electron chi connectivity index (χ2n) is 14.2. The number of esters is 1. The van der Waals surface area contributed by atoms with E-state index in [2.05, 4.69) is 112 Å². The molecule has 10 rings (SSSR count). The van der Waals surface area contributed by atoms with E-state index in [1.54, 1.807) is 36.4 Å². The molecule has 0 radical (unpaired) electrons. The number of hydrogen-bond donors (Lipinski definition) is 2. The van der Waals surface area contributed by atoms with E-state index in [0.717, 1.165) is 89.4 Å². The van der Waals surface area contributed by atoms with Crippen molar-refractivity contribution in [1.29, 1.82) is 0 Å². The number of hydrogen-bond acceptors (Lipinski definition) is 4. The monoisotopic (exact) mass is 759 g/mol. The van der Waals surface area contributed by atoms with E-state index in [1.165, 1.54) is 0 Å². The summed E-state index contributed by atoms with van der Waals surface area (Å²) >= 11 is 0. The molecule has 8 aromatic rings. The SMILES string of the molecule is [C-]#[N+]c1ccc(C(=O)Oc2ccc(-c3c4nc(c(-c5ccccc5)c5ccc([nH]5)c(-c5ccccc5)c5nc(c(-c6ccccc6)c6ccc3[nH]6)C=C5)C=C4)cc2)cc1. The standard InChI is InChI=1S/C52H33N5O2/c1-53-38-21-17-37(18-22-38)52(58)59-39-23-19-36(20-24-39)51-46-31-29-44(56-46)49(34-13-7-3-8-14-34)42-27-25-40(54-42)48(33-11-5-2-6-12-33)41-26-28-43(55-41)50(35-15-9-4-10-16-35)45-30-32-47(51)57-45/h2-32,54,57H. The van der Waals surface area contributed by atoms with Crippen LogP contribution in [0.15, 0.2) is 164 Å². The molecule has 7 nitrogen and oxygen atoms in total. The third-order valence-corrected chi connectivity index (χ3v) is 10.5. The van der Waals surface area contributed by atoms with Gasteiger partial charge in [0.05, 0.1) is 34.9 Å². The minimum atomic E-state index is -0.499. The smallest absolute Gasteiger partial charge is 0.343 e. The fourth-order valence-corrected chi connectivity index (χ4v) is 7.76. The van der Waals surface area contributed by atoms with Crippen molar-refractivity contribution in [1.82, 2.24) is 19.9 Å². The van der Waals surface area contributed by atoms with Gasteiger partial charge in [-0.05, 0) is 83.0 Å². The predicted octanol–water partition coefficient (Wildman–Crippen LogP) is 13.1. The lowest BCUT2D eigenvalue weighted by Gasteiger charge is -2.08. The highest BCUT2D eigenvalue weighted by Gasteiger charge is 2.19. The Bertz CT molecular complexity index is 3140. The first kappa shape index (κ1) is 35.1. The molecule has 0 atom stereocenters. The van der Waals surface area contributed by atoms with Gasteiger partial charge in [-0.25, -0.2) is 19.6 Å². The van der Waals surface area contributed by atoms with Gasteiger partial charge in [0.1, 0.15) is 5.75 Å². The maximum absolute atomic E-state index is 13.0. The molecule has 0 amide bonds. The van der Waals surface area contributed by atoms with Crippen molar-refractivity contribution in [3.8, 4) is 50.3 Å². The molecule has 278 valence electrons. The average Bonchev–Trinajstić information content (AvgIpc) is 4.14. The van der Waals surface area contributed by atoms with Crippen molar-refractivity contribution in [2.75, 3.05) is 0 Å². The minimum absolute atomic E-state index is 0.367. The van der Waals surface area contributed by atoms with Gasteiger partial charge in [0.15, 0.2) is 5.69 Å². The summed E-state index contributed by atoms with van der Waals surface area (Å²) in [5.74, 6) is -0.0990. The molecule has 3 aromatic heterocycles. The van der Waals surface area contributed by atoms with Crippen LogP contribution in [0.25, 0.3) is 95.7 Å². The maximum Gasteiger partial charge on any atom is 0.343 e. The van der Waals surface area contributed by atoms with Crippen LogP contribution in [0.4, 0.5) is 5.69 Å². The fourth-order valence-electron chi connectivity index (χ4n) is 7.76. The Morgan fingerprint density at radius 3 is 1.15 bits per heavy atom. The molecule has 59 heavy (non-hydrogen) atoms. The quantitative estimate of drug-likeness (QED) is 0.100. The Balaban J connectivity index is 1.24. The molecular weight excluding hydrogens is 727 g/mol. The molecule has 0 saturated heterocycles. The summed E-state index contributed by atoms with van der Waals surface area (Å²) in [6, 6.07) is 53.4. The Kier molecular flexibility index (Phi) is 8.90. The van der Waals surface area contributed by atoms with Crippen LogP contribution < -0.4 is 4.74 Å². The van der Waals surface area contributed by atoms with Gasteiger partial charge in [-0.3, -0.25) is 0 Å². The zero-order chi connectivity index (χ0) is 39.7. The third kappa shape index (κ3) is 6.71. The van der Waals surface area contributed by atoms with Gasteiger partial charge in [-0.2, -0.15) is 0 Å². The lowest BCUT2D eigenvalue weighted by atomic mass is 10.0. The lowest BCUT2D eigenvalue weighted by Crippen LogP contribution is -2.07. The molecule has 8 bridgehead atoms. The van der Waals surface area contributed by atoms with Crippen LogP contribution in [0.1, 0.15) is 33.1 Å². The average molecular weight is 760 g/mol. The van der Waals surface area contributed by atoms with Crippen LogP contribution in [0.5, 0.6) is 5.75 Å². The zero-order valence-corrected chi connectivity index (χ0v) is 31.6. The number of H-pyrrole nitrogens is 2. The van der Waals surface area contributed by atoms with Gasteiger partial charge < -0.3 is 14.7 Å². The number of benzene rings is 5. The van der Waals surface area contributed by atoms with Gasteiger partial charge >= 0.3 is 5.97 Å². The number of nitrogens with zero attached hydrogens (tertiary/aromatic N) is 3. The number of aromatic nitrogens is 4. The van der Waals surface area contributed by atoms with Crippen molar-refractivity contribution in [2.24, 2.45) is 0 Å². The predicted molar refractivity (Wildman–Crippen MR) is 238 cm³/mol. The molecule has 2 aliphatic heterocycles. The zero-order valence-electron chi connectivity index (χ0n) is 31.6. The number of carbonyl (C=O) groups is 1. The Morgan fingerprint density at radius 2 is 0.797 bits per heavy atom. The first-order valence-corrected chi connectivity index (χ1v) is 19.2. The van der Waals surface area contributed by atoms with E-state index >= 15 is 0 Å². The fraction of sp³-hybridized carbons (Fsp3) is 0. The van der Waals surface area contributed by atoms with E-state index < -0.39 is 5.97 Å². The summed E-state index contributed by atoms with van der Waals surface area (Å²) in [5, 5.41) is 0. The Hall–Kier alpha value is -8.34. The number of aromatic amines is 2. The minimum Gasteiger partial charge on any atom is -0.423 e. The maximum atomic E-state index is 13.0. The molecular formula is C52H33N5O2. The highest BCUT2D eigenvalue weighted by Crippen LogP contribution is 2.38. The molecule has 0 unspecified atom stereocenters. The van der Waals surface area contributed by atoms with Gasteiger partial charge in [-0.1, -0.05) is 127 Å². The van der Waals surface area contributed by atoms with Gasteiger partial charge in [-0.15, -0.1) is 0 Å². The van der Waals surface area contributed by atoms with Crippen molar-refractivity contribution in [2.45, 2.75) is 0 Å². The highest BCUT2D eigenvalue weighted by molar-refractivity contribution is 6.00. The van der Waals surface area contributed by atoms with Crippen LogP contribution in [-0.2, 0) is 0 Å². The highest BCUT2D eigenvalue weighted by atomic mass is 16.5. The van der Waals surface area contributed by atoms with E-state index in [4.69, 9.17) is 21.3 Å². The summed E-state index contributed by atoms with van der Waals surface area (Å²) < 4.78 is 5.75. The van der Waals surface area contributed by atoms with Crippen LogP contribution in [-0.4, -0.2) is 25.9 Å². The second kappa shape index (κ2) is 15.0. The van der Waals surface area contributed by atoms with Crippen LogP contribution in [0, 0.1) is 6.57 Å². The molecule has 0 fully saturated rings. The van der Waals surface area contributed by atoms with Crippen LogP contribution in [0.3, 0.4) is 0 Å². The van der Waals surface area contributed by atoms with E-state index in [0.29, 0.717) is 17.0 Å². The molecule has 5 aromatic carbocycles. The molecule has 2 aliphatic rings. The van der Waals surface area contributed by atoms with Crippen LogP contribution in [0.2, 0.25) is 0 Å². The van der Waals surface area contributed by atoms with Gasteiger partial charge in [0.2, 0.25) is 0 Å². The second-order valence-corrected chi connectivity index (χ2v) is 14.2. The van der Waals surface area contributed by atoms with Crippen molar-refractivity contribution >= 4 is 58.0 Å². The summed E-state index contributed by atoms with van der Waals surface area (Å²) in [6.07, 6.45) is 8.33. The van der Waals surface area contributed by atoms with E-state index in [9.17, 15) is 4.79 Å². The van der Waals surface area contributed by atoms with Gasteiger partial charge in [0, 0.05) is 44.3 Å².